The maximum atomic E-state index is 11.6. The first-order valence-corrected chi connectivity index (χ1v) is 7.44. The zero-order valence-electron chi connectivity index (χ0n) is 12.4. The summed E-state index contributed by atoms with van der Waals surface area (Å²) >= 11 is 0. The maximum absolute atomic E-state index is 11.6. The zero-order valence-corrected chi connectivity index (χ0v) is 12.4. The first-order chi connectivity index (χ1) is 10.1. The van der Waals surface area contributed by atoms with E-state index in [4.69, 9.17) is 0 Å². The van der Waals surface area contributed by atoms with E-state index in [0.29, 0.717) is 17.4 Å². The van der Waals surface area contributed by atoms with Crippen molar-refractivity contribution in [3.8, 4) is 0 Å². The summed E-state index contributed by atoms with van der Waals surface area (Å²) in [5.74, 6) is 0.339. The fourth-order valence-corrected chi connectivity index (χ4v) is 3.16. The summed E-state index contributed by atoms with van der Waals surface area (Å²) in [7, 11) is 0. The molecular formula is C17H20N2O2. The summed E-state index contributed by atoms with van der Waals surface area (Å²) in [6.45, 7) is 6.30. The number of pyridine rings is 1. The molecule has 1 saturated heterocycles. The number of carbonyl (C=O) groups is 1. The second-order valence-electron chi connectivity index (χ2n) is 6.08. The highest BCUT2D eigenvalue weighted by Gasteiger charge is 2.29. The molecule has 4 nitrogen and oxygen atoms in total. The van der Waals surface area contributed by atoms with Gasteiger partial charge in [0.15, 0.2) is 0 Å². The molecule has 1 N–H and O–H groups in total. The second kappa shape index (κ2) is 5.35. The van der Waals surface area contributed by atoms with E-state index in [0.717, 1.165) is 36.1 Å². The Labute approximate surface area is 124 Å². The van der Waals surface area contributed by atoms with Crippen molar-refractivity contribution in [2.24, 2.45) is 11.8 Å². The quantitative estimate of drug-likeness (QED) is 0.938. The number of aromatic nitrogens is 1. The molecule has 110 valence electrons. The van der Waals surface area contributed by atoms with Gasteiger partial charge >= 0.3 is 5.97 Å². The van der Waals surface area contributed by atoms with Gasteiger partial charge in [-0.2, -0.15) is 0 Å². The van der Waals surface area contributed by atoms with Crippen LogP contribution in [-0.2, 0) is 0 Å². The van der Waals surface area contributed by atoms with E-state index in [2.05, 4.69) is 23.7 Å². The average molecular weight is 284 g/mol. The molecule has 1 aliphatic rings. The number of hydrogen-bond donors (Lipinski definition) is 1. The van der Waals surface area contributed by atoms with Gasteiger partial charge in [0.25, 0.3) is 0 Å². The van der Waals surface area contributed by atoms with Gasteiger partial charge in [-0.3, -0.25) is 4.98 Å². The highest BCUT2D eigenvalue weighted by molar-refractivity contribution is 6.04. The summed E-state index contributed by atoms with van der Waals surface area (Å²) in [4.78, 5) is 18.1. The number of carboxylic acid groups (broad SMARTS) is 1. The van der Waals surface area contributed by atoms with Gasteiger partial charge in [-0.15, -0.1) is 0 Å². The second-order valence-corrected chi connectivity index (χ2v) is 6.08. The fourth-order valence-electron chi connectivity index (χ4n) is 3.16. The van der Waals surface area contributed by atoms with Crippen LogP contribution in [0.4, 0.5) is 5.69 Å². The molecule has 2 aromatic rings. The van der Waals surface area contributed by atoms with Crippen LogP contribution in [0.2, 0.25) is 0 Å². The Hall–Kier alpha value is -2.10. The number of carboxylic acids is 1. The number of rotatable bonds is 3. The SMILES string of the molecule is CC(C)C1CCN(c2c(C(=O)O)cnc3ccccc23)C1. The lowest BCUT2D eigenvalue weighted by Gasteiger charge is -2.23. The van der Waals surface area contributed by atoms with E-state index >= 15 is 0 Å². The molecule has 1 aromatic heterocycles. The summed E-state index contributed by atoms with van der Waals surface area (Å²) in [5.41, 5.74) is 1.99. The summed E-state index contributed by atoms with van der Waals surface area (Å²) in [5, 5.41) is 10.4. The molecule has 1 aromatic carbocycles. The fraction of sp³-hybridized carbons (Fsp3) is 0.412. The molecule has 0 aliphatic carbocycles. The molecule has 0 radical (unpaired) electrons. The zero-order chi connectivity index (χ0) is 15.0. The van der Waals surface area contributed by atoms with Gasteiger partial charge in [-0.1, -0.05) is 32.0 Å². The van der Waals surface area contributed by atoms with Gasteiger partial charge in [0, 0.05) is 24.7 Å². The topological polar surface area (TPSA) is 53.4 Å². The van der Waals surface area contributed by atoms with E-state index in [-0.39, 0.29) is 0 Å². The molecular weight excluding hydrogens is 264 g/mol. The van der Waals surface area contributed by atoms with Crippen molar-refractivity contribution in [1.29, 1.82) is 0 Å². The molecule has 0 amide bonds. The predicted molar refractivity (Wildman–Crippen MR) is 83.9 cm³/mol. The Bertz CT molecular complexity index is 682. The highest BCUT2D eigenvalue weighted by atomic mass is 16.4. The van der Waals surface area contributed by atoms with Gasteiger partial charge in [-0.25, -0.2) is 4.79 Å². The Morgan fingerprint density at radius 1 is 1.38 bits per heavy atom. The molecule has 0 spiro atoms. The van der Waals surface area contributed by atoms with Crippen LogP contribution in [0.3, 0.4) is 0 Å². The van der Waals surface area contributed by atoms with E-state index in [1.54, 1.807) is 0 Å². The van der Waals surface area contributed by atoms with E-state index < -0.39 is 5.97 Å². The Kier molecular flexibility index (Phi) is 3.53. The van der Waals surface area contributed by atoms with Crippen molar-refractivity contribution in [3.05, 3.63) is 36.0 Å². The summed E-state index contributed by atoms with van der Waals surface area (Å²) < 4.78 is 0. The van der Waals surface area contributed by atoms with Crippen LogP contribution in [-0.4, -0.2) is 29.1 Å². The van der Waals surface area contributed by atoms with Crippen molar-refractivity contribution >= 4 is 22.6 Å². The van der Waals surface area contributed by atoms with Gasteiger partial charge in [0.1, 0.15) is 5.56 Å². The van der Waals surface area contributed by atoms with Gasteiger partial charge in [0.05, 0.1) is 11.2 Å². The van der Waals surface area contributed by atoms with E-state index in [9.17, 15) is 9.90 Å². The first-order valence-electron chi connectivity index (χ1n) is 7.44. The number of anilines is 1. The predicted octanol–water partition coefficient (Wildman–Crippen LogP) is 3.42. The van der Waals surface area contributed by atoms with E-state index in [1.807, 2.05) is 24.3 Å². The van der Waals surface area contributed by atoms with Crippen LogP contribution in [0, 0.1) is 11.8 Å². The van der Waals surface area contributed by atoms with Crippen LogP contribution in [0.5, 0.6) is 0 Å². The van der Waals surface area contributed by atoms with Crippen molar-refractivity contribution in [2.75, 3.05) is 18.0 Å². The molecule has 3 rings (SSSR count). The molecule has 0 bridgehead atoms. The lowest BCUT2D eigenvalue weighted by molar-refractivity contribution is 0.0697. The molecule has 0 saturated carbocycles. The first kappa shape index (κ1) is 13.9. The van der Waals surface area contributed by atoms with Gasteiger partial charge < -0.3 is 10.0 Å². The van der Waals surface area contributed by atoms with Gasteiger partial charge in [-0.05, 0) is 24.3 Å². The Morgan fingerprint density at radius 2 is 2.14 bits per heavy atom. The molecule has 21 heavy (non-hydrogen) atoms. The monoisotopic (exact) mass is 284 g/mol. The summed E-state index contributed by atoms with van der Waals surface area (Å²) in [6.07, 6.45) is 2.61. The highest BCUT2D eigenvalue weighted by Crippen LogP contribution is 2.35. The smallest absolute Gasteiger partial charge is 0.339 e. The third kappa shape index (κ3) is 2.46. The van der Waals surface area contributed by atoms with Crippen molar-refractivity contribution in [1.82, 2.24) is 4.98 Å². The normalized spacial score (nSPS) is 18.6. The van der Waals surface area contributed by atoms with Gasteiger partial charge in [0.2, 0.25) is 0 Å². The van der Waals surface area contributed by atoms with Crippen LogP contribution >= 0.6 is 0 Å². The molecule has 2 heterocycles. The minimum Gasteiger partial charge on any atom is -0.478 e. The van der Waals surface area contributed by atoms with E-state index in [1.165, 1.54) is 6.20 Å². The number of para-hydroxylation sites is 1. The number of nitrogens with zero attached hydrogens (tertiary/aromatic N) is 2. The molecule has 1 unspecified atom stereocenters. The minimum absolute atomic E-state index is 0.304. The van der Waals surface area contributed by atoms with Crippen LogP contribution < -0.4 is 4.90 Å². The largest absolute Gasteiger partial charge is 0.478 e. The third-order valence-corrected chi connectivity index (χ3v) is 4.46. The lowest BCUT2D eigenvalue weighted by atomic mass is 9.95. The van der Waals surface area contributed by atoms with Crippen molar-refractivity contribution in [3.63, 3.8) is 0 Å². The van der Waals surface area contributed by atoms with Crippen molar-refractivity contribution in [2.45, 2.75) is 20.3 Å². The van der Waals surface area contributed by atoms with Crippen LogP contribution in [0.15, 0.2) is 30.5 Å². The number of aromatic carboxylic acids is 1. The average Bonchev–Trinajstić information content (AvgIpc) is 2.95. The number of hydrogen-bond acceptors (Lipinski definition) is 3. The molecule has 1 atom stereocenters. The summed E-state index contributed by atoms with van der Waals surface area (Å²) in [6, 6.07) is 7.77. The molecule has 4 heteroatoms. The number of fused-ring (bicyclic) bond motifs is 1. The lowest BCUT2D eigenvalue weighted by Crippen LogP contribution is -2.24. The minimum atomic E-state index is -0.906. The van der Waals surface area contributed by atoms with Crippen molar-refractivity contribution < 1.29 is 9.90 Å². The van der Waals surface area contributed by atoms with Crippen LogP contribution in [0.25, 0.3) is 10.9 Å². The Balaban J connectivity index is 2.11. The maximum Gasteiger partial charge on any atom is 0.339 e. The number of benzene rings is 1. The Morgan fingerprint density at radius 3 is 2.81 bits per heavy atom. The third-order valence-electron chi connectivity index (χ3n) is 4.46. The van der Waals surface area contributed by atoms with Crippen LogP contribution in [0.1, 0.15) is 30.6 Å². The molecule has 1 aliphatic heterocycles. The standard InChI is InChI=1S/C17H20N2O2/c1-11(2)12-7-8-19(10-12)16-13-5-3-4-6-15(13)18-9-14(16)17(20)21/h3-6,9,11-12H,7-8,10H2,1-2H3,(H,20,21). The molecule has 1 fully saturated rings.